The molecule has 4 N–H and O–H groups in total. The first-order chi connectivity index (χ1) is 9.48. The van der Waals surface area contributed by atoms with E-state index < -0.39 is 27.8 Å². The standard InChI is InChI=1S/C13H20N2O5S/c1-13(2,3)15-21(19,20)14-11(12(17)18)8-9-4-6-10(16)7-5-9/h4-7,11,14-16H,8H2,1-3H3,(H,17,18)/t11-/m1/s1. The fraction of sp³-hybridized carbons (Fsp3) is 0.462. The summed E-state index contributed by atoms with van der Waals surface area (Å²) in [5.74, 6) is -1.22. The summed E-state index contributed by atoms with van der Waals surface area (Å²) < 4.78 is 28.2. The van der Waals surface area contributed by atoms with E-state index in [0.717, 1.165) is 0 Å². The van der Waals surface area contributed by atoms with Gasteiger partial charge in [-0.05, 0) is 44.9 Å². The number of phenols is 1. The van der Waals surface area contributed by atoms with Crippen LogP contribution in [0.3, 0.4) is 0 Å². The first-order valence-corrected chi connectivity index (χ1v) is 7.79. The lowest BCUT2D eigenvalue weighted by molar-refractivity contribution is -0.138. The number of hydrogen-bond donors (Lipinski definition) is 4. The Hall–Kier alpha value is -1.64. The highest BCUT2D eigenvalue weighted by molar-refractivity contribution is 7.87. The van der Waals surface area contributed by atoms with Gasteiger partial charge in [0.25, 0.3) is 10.2 Å². The van der Waals surface area contributed by atoms with E-state index in [1.807, 2.05) is 0 Å². The molecule has 0 radical (unpaired) electrons. The predicted octanol–water partition coefficient (Wildman–Crippen LogP) is 0.610. The maximum atomic E-state index is 11.9. The molecule has 0 spiro atoms. The summed E-state index contributed by atoms with van der Waals surface area (Å²) in [5, 5.41) is 18.3. The Morgan fingerprint density at radius 1 is 1.24 bits per heavy atom. The van der Waals surface area contributed by atoms with E-state index in [1.165, 1.54) is 24.3 Å². The molecule has 0 aliphatic carbocycles. The second-order valence-electron chi connectivity index (χ2n) is 5.73. The van der Waals surface area contributed by atoms with Gasteiger partial charge in [-0.25, -0.2) is 0 Å². The summed E-state index contributed by atoms with van der Waals surface area (Å²) in [6.07, 6.45) is -0.0271. The first-order valence-electron chi connectivity index (χ1n) is 6.30. The summed E-state index contributed by atoms with van der Waals surface area (Å²) in [4.78, 5) is 11.2. The van der Waals surface area contributed by atoms with Crippen molar-refractivity contribution in [2.24, 2.45) is 0 Å². The minimum Gasteiger partial charge on any atom is -0.508 e. The van der Waals surface area contributed by atoms with E-state index in [0.29, 0.717) is 5.56 Å². The molecule has 0 heterocycles. The van der Waals surface area contributed by atoms with Crippen molar-refractivity contribution < 1.29 is 23.4 Å². The number of carbonyl (C=O) groups is 1. The number of carboxylic acid groups (broad SMARTS) is 1. The number of aromatic hydroxyl groups is 1. The van der Waals surface area contributed by atoms with Crippen molar-refractivity contribution in [3.05, 3.63) is 29.8 Å². The number of rotatable bonds is 6. The van der Waals surface area contributed by atoms with Gasteiger partial charge in [-0.2, -0.15) is 17.9 Å². The van der Waals surface area contributed by atoms with Crippen molar-refractivity contribution in [1.82, 2.24) is 9.44 Å². The molecular weight excluding hydrogens is 296 g/mol. The molecule has 0 saturated carbocycles. The number of phenolic OH excluding ortho intramolecular Hbond substituents is 1. The van der Waals surface area contributed by atoms with Crippen LogP contribution in [0.5, 0.6) is 5.75 Å². The van der Waals surface area contributed by atoms with Gasteiger partial charge in [0.2, 0.25) is 0 Å². The summed E-state index contributed by atoms with van der Waals surface area (Å²) in [7, 11) is -3.94. The van der Waals surface area contributed by atoms with E-state index in [9.17, 15) is 18.3 Å². The highest BCUT2D eigenvalue weighted by Crippen LogP contribution is 2.12. The van der Waals surface area contributed by atoms with E-state index in [-0.39, 0.29) is 12.2 Å². The van der Waals surface area contributed by atoms with Gasteiger partial charge in [0.15, 0.2) is 0 Å². The number of nitrogens with one attached hydrogen (secondary N) is 2. The Kier molecular flexibility index (Phi) is 5.32. The molecule has 0 aromatic heterocycles. The highest BCUT2D eigenvalue weighted by atomic mass is 32.2. The molecule has 7 nitrogen and oxygen atoms in total. The number of aliphatic carboxylic acids is 1. The lowest BCUT2D eigenvalue weighted by Crippen LogP contribution is -2.52. The molecule has 1 atom stereocenters. The molecule has 118 valence electrons. The van der Waals surface area contributed by atoms with Gasteiger partial charge < -0.3 is 10.2 Å². The van der Waals surface area contributed by atoms with Gasteiger partial charge in [-0.3, -0.25) is 4.79 Å². The Morgan fingerprint density at radius 3 is 2.19 bits per heavy atom. The highest BCUT2D eigenvalue weighted by Gasteiger charge is 2.27. The quantitative estimate of drug-likeness (QED) is 0.614. The fourth-order valence-corrected chi connectivity index (χ4v) is 3.09. The molecule has 0 fully saturated rings. The Morgan fingerprint density at radius 2 is 1.76 bits per heavy atom. The van der Waals surface area contributed by atoms with Crippen molar-refractivity contribution in [3.8, 4) is 5.75 Å². The molecule has 21 heavy (non-hydrogen) atoms. The van der Waals surface area contributed by atoms with Crippen molar-refractivity contribution in [3.63, 3.8) is 0 Å². The van der Waals surface area contributed by atoms with Crippen LogP contribution in [0.1, 0.15) is 26.3 Å². The smallest absolute Gasteiger partial charge is 0.322 e. The van der Waals surface area contributed by atoms with Crippen molar-refractivity contribution in [2.75, 3.05) is 0 Å². The summed E-state index contributed by atoms with van der Waals surface area (Å²) in [5.41, 5.74) is -0.119. The molecule has 0 bridgehead atoms. The van der Waals surface area contributed by atoms with Gasteiger partial charge in [0, 0.05) is 5.54 Å². The van der Waals surface area contributed by atoms with Gasteiger partial charge in [0.1, 0.15) is 11.8 Å². The molecule has 1 aromatic carbocycles. The second kappa shape index (κ2) is 6.42. The molecule has 0 aliphatic rings. The normalized spacial score (nSPS) is 13.9. The average Bonchev–Trinajstić information content (AvgIpc) is 2.27. The minimum absolute atomic E-state index is 0.0271. The van der Waals surface area contributed by atoms with Crippen LogP contribution in [0, 0.1) is 0 Å². The number of benzene rings is 1. The van der Waals surface area contributed by atoms with Crippen LogP contribution in [0.4, 0.5) is 0 Å². The van der Waals surface area contributed by atoms with Crippen LogP contribution in [0.15, 0.2) is 24.3 Å². The van der Waals surface area contributed by atoms with Crippen molar-refractivity contribution in [1.29, 1.82) is 0 Å². The van der Waals surface area contributed by atoms with Crippen LogP contribution in [0.2, 0.25) is 0 Å². The van der Waals surface area contributed by atoms with Gasteiger partial charge >= 0.3 is 5.97 Å². The van der Waals surface area contributed by atoms with Crippen LogP contribution in [-0.2, 0) is 21.4 Å². The zero-order chi connectivity index (χ0) is 16.3. The first kappa shape index (κ1) is 17.4. The largest absolute Gasteiger partial charge is 0.508 e. The lowest BCUT2D eigenvalue weighted by atomic mass is 10.1. The summed E-state index contributed by atoms with van der Waals surface area (Å²) in [6, 6.07) is 4.61. The molecule has 1 rings (SSSR count). The van der Waals surface area contributed by atoms with Crippen molar-refractivity contribution >= 4 is 16.2 Å². The van der Waals surface area contributed by atoms with Gasteiger partial charge in [0.05, 0.1) is 0 Å². The molecule has 8 heteroatoms. The van der Waals surface area contributed by atoms with Crippen LogP contribution >= 0.6 is 0 Å². The van der Waals surface area contributed by atoms with E-state index in [1.54, 1.807) is 20.8 Å². The Labute approximate surface area is 124 Å². The molecule has 1 aromatic rings. The zero-order valence-corrected chi connectivity index (χ0v) is 12.9. The van der Waals surface area contributed by atoms with Crippen LogP contribution < -0.4 is 9.44 Å². The maximum Gasteiger partial charge on any atom is 0.322 e. The molecule has 0 unspecified atom stereocenters. The molecule has 0 aliphatic heterocycles. The number of hydrogen-bond acceptors (Lipinski definition) is 4. The van der Waals surface area contributed by atoms with E-state index >= 15 is 0 Å². The molecule has 0 saturated heterocycles. The van der Waals surface area contributed by atoms with Gasteiger partial charge in [-0.1, -0.05) is 12.1 Å². The predicted molar refractivity (Wildman–Crippen MR) is 78.2 cm³/mol. The SMILES string of the molecule is CC(C)(C)NS(=O)(=O)N[C@H](Cc1ccc(O)cc1)C(=O)O. The zero-order valence-electron chi connectivity index (χ0n) is 12.1. The third-order valence-electron chi connectivity index (χ3n) is 2.41. The topological polar surface area (TPSA) is 116 Å². The van der Waals surface area contributed by atoms with Gasteiger partial charge in [-0.15, -0.1) is 0 Å². The third-order valence-corrected chi connectivity index (χ3v) is 3.89. The summed E-state index contributed by atoms with van der Waals surface area (Å²) in [6.45, 7) is 4.96. The van der Waals surface area contributed by atoms with E-state index in [2.05, 4.69) is 9.44 Å². The lowest BCUT2D eigenvalue weighted by Gasteiger charge is -2.22. The Balaban J connectivity index is 2.83. The summed E-state index contributed by atoms with van der Waals surface area (Å²) >= 11 is 0. The monoisotopic (exact) mass is 316 g/mol. The van der Waals surface area contributed by atoms with Crippen molar-refractivity contribution in [2.45, 2.75) is 38.8 Å². The maximum absolute atomic E-state index is 11.9. The third kappa shape index (κ3) is 6.56. The minimum atomic E-state index is -3.94. The second-order valence-corrected chi connectivity index (χ2v) is 7.18. The average molecular weight is 316 g/mol. The molecular formula is C13H20N2O5S. The van der Waals surface area contributed by atoms with Crippen LogP contribution in [0.25, 0.3) is 0 Å². The number of carboxylic acids is 1. The fourth-order valence-electron chi connectivity index (χ4n) is 1.67. The molecule has 0 amide bonds. The Bertz CT molecular complexity index is 590. The van der Waals surface area contributed by atoms with Crippen LogP contribution in [-0.4, -0.2) is 36.2 Å². The van der Waals surface area contributed by atoms with E-state index in [4.69, 9.17) is 5.11 Å².